The number of aromatic nitrogens is 4. The third-order valence-corrected chi connectivity index (χ3v) is 8.50. The smallest absolute Gasteiger partial charge is 0.164 e. The zero-order valence-corrected chi connectivity index (χ0v) is 24.5. The van der Waals surface area contributed by atoms with Crippen LogP contribution in [0.2, 0.25) is 0 Å². The molecule has 0 aliphatic carbocycles. The van der Waals surface area contributed by atoms with Crippen molar-refractivity contribution in [2.24, 2.45) is 0 Å². The molecule has 0 N–H and O–H groups in total. The van der Waals surface area contributed by atoms with Crippen molar-refractivity contribution in [1.82, 2.24) is 19.5 Å². The van der Waals surface area contributed by atoms with Crippen molar-refractivity contribution in [2.75, 3.05) is 0 Å². The number of nitrogens with zero attached hydrogens (tertiary/aromatic N) is 4. The minimum atomic E-state index is 0.637. The highest BCUT2D eigenvalue weighted by Gasteiger charge is 2.17. The van der Waals surface area contributed by atoms with E-state index in [1.165, 1.54) is 10.8 Å². The van der Waals surface area contributed by atoms with E-state index in [1.54, 1.807) is 0 Å². The van der Waals surface area contributed by atoms with Crippen LogP contribution < -0.4 is 0 Å². The summed E-state index contributed by atoms with van der Waals surface area (Å²) in [7, 11) is 0. The van der Waals surface area contributed by atoms with Gasteiger partial charge in [-0.05, 0) is 55.5 Å². The average molecular weight is 579 g/mol. The summed E-state index contributed by atoms with van der Waals surface area (Å²) in [4.78, 5) is 14.7. The van der Waals surface area contributed by atoms with Crippen LogP contribution >= 0.6 is 0 Å². The molecule has 5 nitrogen and oxygen atoms in total. The van der Waals surface area contributed by atoms with Crippen molar-refractivity contribution in [2.45, 2.75) is 6.92 Å². The van der Waals surface area contributed by atoms with Gasteiger partial charge in [0, 0.05) is 50.0 Å². The Balaban J connectivity index is 1.20. The Morgan fingerprint density at radius 2 is 1.09 bits per heavy atom. The number of hydrogen-bond acceptors (Lipinski definition) is 4. The Morgan fingerprint density at radius 1 is 0.444 bits per heavy atom. The predicted octanol–water partition coefficient (Wildman–Crippen LogP) is 10.2. The Morgan fingerprint density at radius 3 is 1.87 bits per heavy atom. The zero-order valence-electron chi connectivity index (χ0n) is 24.5. The van der Waals surface area contributed by atoms with Gasteiger partial charge in [0.1, 0.15) is 11.2 Å². The summed E-state index contributed by atoms with van der Waals surface area (Å²) in [5, 5.41) is 4.66. The third-order valence-electron chi connectivity index (χ3n) is 8.50. The second kappa shape index (κ2) is 10.00. The van der Waals surface area contributed by atoms with Crippen LogP contribution in [0.3, 0.4) is 0 Å². The van der Waals surface area contributed by atoms with Crippen LogP contribution in [0.5, 0.6) is 0 Å². The highest BCUT2D eigenvalue weighted by molar-refractivity contribution is 6.17. The van der Waals surface area contributed by atoms with E-state index >= 15 is 0 Å². The van der Waals surface area contributed by atoms with Crippen molar-refractivity contribution < 1.29 is 4.42 Å². The van der Waals surface area contributed by atoms with E-state index in [2.05, 4.69) is 96.4 Å². The third kappa shape index (κ3) is 4.20. The first-order valence-electron chi connectivity index (χ1n) is 15.0. The lowest BCUT2D eigenvalue weighted by atomic mass is 10.1. The Bertz CT molecular complexity index is 2540. The summed E-state index contributed by atoms with van der Waals surface area (Å²) in [5.41, 5.74) is 9.08. The SMILES string of the molecule is Cc1cccc(-c2nc(-c3ccccc3)nc(-c3ccc(-n4c5ccccc5c5cc6c(cc54)oc4ccccc46)cc3)n2)c1. The Kier molecular flexibility index (Phi) is 5.65. The van der Waals surface area contributed by atoms with Gasteiger partial charge in [0.15, 0.2) is 17.5 Å². The van der Waals surface area contributed by atoms with E-state index in [1.807, 2.05) is 54.6 Å². The van der Waals surface area contributed by atoms with E-state index < -0.39 is 0 Å². The van der Waals surface area contributed by atoms with Crippen molar-refractivity contribution in [1.29, 1.82) is 0 Å². The molecule has 0 saturated carbocycles. The van der Waals surface area contributed by atoms with E-state index in [-0.39, 0.29) is 0 Å². The van der Waals surface area contributed by atoms with Crippen molar-refractivity contribution >= 4 is 43.7 Å². The minimum Gasteiger partial charge on any atom is -0.456 e. The number of fused-ring (bicyclic) bond motifs is 6. The van der Waals surface area contributed by atoms with Crippen molar-refractivity contribution in [3.8, 4) is 39.9 Å². The Labute approximate surface area is 259 Å². The van der Waals surface area contributed by atoms with Gasteiger partial charge in [-0.25, -0.2) is 15.0 Å². The number of aryl methyl sites for hydroxylation is 1. The van der Waals surface area contributed by atoms with Gasteiger partial charge in [0.05, 0.1) is 11.0 Å². The van der Waals surface area contributed by atoms with E-state index in [0.29, 0.717) is 17.5 Å². The monoisotopic (exact) mass is 578 g/mol. The molecule has 3 aromatic heterocycles. The van der Waals surface area contributed by atoms with Crippen molar-refractivity contribution in [3.63, 3.8) is 0 Å². The second-order valence-electron chi connectivity index (χ2n) is 11.4. The predicted molar refractivity (Wildman–Crippen MR) is 182 cm³/mol. The van der Waals surface area contributed by atoms with Gasteiger partial charge in [0.25, 0.3) is 0 Å². The van der Waals surface area contributed by atoms with Crippen LogP contribution in [-0.4, -0.2) is 19.5 Å². The molecule has 212 valence electrons. The molecular weight excluding hydrogens is 552 g/mol. The standard InChI is InChI=1S/C40H26N4O/c1-25-10-9-13-28(22-25)40-42-38(26-11-3-2-4-12-26)41-39(43-40)27-18-20-29(21-19-27)44-34-16-7-5-14-30(34)32-23-33-31-15-6-8-17-36(31)45-37(33)24-35(32)44/h2-24H,1H3. The molecule has 0 spiro atoms. The summed E-state index contributed by atoms with van der Waals surface area (Å²) < 4.78 is 8.60. The fraction of sp³-hybridized carbons (Fsp3) is 0.0250. The van der Waals surface area contributed by atoms with E-state index in [0.717, 1.165) is 60.9 Å². The first-order chi connectivity index (χ1) is 22.2. The quantitative estimate of drug-likeness (QED) is 0.208. The lowest BCUT2D eigenvalue weighted by molar-refractivity contribution is 0.669. The average Bonchev–Trinajstić information content (AvgIpc) is 3.62. The summed E-state index contributed by atoms with van der Waals surface area (Å²) in [6.45, 7) is 2.08. The fourth-order valence-electron chi connectivity index (χ4n) is 6.36. The molecule has 0 fully saturated rings. The van der Waals surface area contributed by atoms with Crippen LogP contribution in [0.25, 0.3) is 83.6 Å². The molecule has 9 rings (SSSR count). The fourth-order valence-corrected chi connectivity index (χ4v) is 6.36. The van der Waals surface area contributed by atoms with Gasteiger partial charge in [-0.2, -0.15) is 0 Å². The summed E-state index contributed by atoms with van der Waals surface area (Å²) in [6.07, 6.45) is 0. The molecule has 9 aromatic rings. The van der Waals surface area contributed by atoms with Gasteiger partial charge >= 0.3 is 0 Å². The molecule has 45 heavy (non-hydrogen) atoms. The van der Waals surface area contributed by atoms with Crippen LogP contribution in [0.15, 0.2) is 144 Å². The molecule has 0 atom stereocenters. The topological polar surface area (TPSA) is 56.7 Å². The zero-order chi connectivity index (χ0) is 29.9. The van der Waals surface area contributed by atoms with E-state index in [4.69, 9.17) is 19.4 Å². The molecule has 0 radical (unpaired) electrons. The van der Waals surface area contributed by atoms with Crippen LogP contribution in [0.1, 0.15) is 5.56 Å². The van der Waals surface area contributed by atoms with Gasteiger partial charge in [-0.1, -0.05) is 90.5 Å². The van der Waals surface area contributed by atoms with Crippen LogP contribution in [-0.2, 0) is 0 Å². The highest BCUT2D eigenvalue weighted by atomic mass is 16.3. The first-order valence-corrected chi connectivity index (χ1v) is 15.0. The normalized spacial score (nSPS) is 11.7. The number of furan rings is 1. The van der Waals surface area contributed by atoms with Gasteiger partial charge < -0.3 is 8.98 Å². The van der Waals surface area contributed by atoms with Gasteiger partial charge in [-0.15, -0.1) is 0 Å². The first kappa shape index (κ1) is 25.4. The molecule has 0 aliphatic rings. The van der Waals surface area contributed by atoms with Crippen LogP contribution in [0.4, 0.5) is 0 Å². The highest BCUT2D eigenvalue weighted by Crippen LogP contribution is 2.38. The molecule has 0 aliphatic heterocycles. The minimum absolute atomic E-state index is 0.637. The lowest BCUT2D eigenvalue weighted by Crippen LogP contribution is -2.00. The number of hydrogen-bond donors (Lipinski definition) is 0. The summed E-state index contributed by atoms with van der Waals surface area (Å²) >= 11 is 0. The van der Waals surface area contributed by atoms with Crippen molar-refractivity contribution in [3.05, 3.63) is 145 Å². The van der Waals surface area contributed by atoms with Gasteiger partial charge in [-0.3, -0.25) is 0 Å². The maximum absolute atomic E-state index is 6.29. The maximum atomic E-state index is 6.29. The molecule has 0 saturated heterocycles. The van der Waals surface area contributed by atoms with Crippen LogP contribution in [0, 0.1) is 6.92 Å². The Hall–Kier alpha value is -6.07. The molecule has 3 heterocycles. The molecule has 0 amide bonds. The molecule has 5 heteroatoms. The molecule has 6 aromatic carbocycles. The number of rotatable bonds is 4. The van der Waals surface area contributed by atoms with Gasteiger partial charge in [0.2, 0.25) is 0 Å². The second-order valence-corrected chi connectivity index (χ2v) is 11.4. The number of benzene rings is 6. The maximum Gasteiger partial charge on any atom is 0.164 e. The molecule has 0 bridgehead atoms. The lowest BCUT2D eigenvalue weighted by Gasteiger charge is -2.11. The summed E-state index contributed by atoms with van der Waals surface area (Å²) in [5.74, 6) is 1.94. The molecular formula is C40H26N4O. The largest absolute Gasteiger partial charge is 0.456 e. The molecule has 0 unspecified atom stereocenters. The van der Waals surface area contributed by atoms with E-state index in [9.17, 15) is 0 Å². The summed E-state index contributed by atoms with van der Waals surface area (Å²) in [6, 6.07) is 48.1. The number of para-hydroxylation sites is 2.